The Bertz CT molecular complexity index is 476. The van der Waals surface area contributed by atoms with Crippen LogP contribution in [0.25, 0.3) is 0 Å². The van der Waals surface area contributed by atoms with Gasteiger partial charge in [0.2, 0.25) is 5.91 Å². The van der Waals surface area contributed by atoms with Gasteiger partial charge in [0.05, 0.1) is 11.5 Å². The number of non-ortho nitro benzene ring substituents is 1. The number of piperidine rings is 1. The summed E-state index contributed by atoms with van der Waals surface area (Å²) >= 11 is 0. The van der Waals surface area contributed by atoms with Gasteiger partial charge in [-0.1, -0.05) is 12.5 Å². The van der Waals surface area contributed by atoms with E-state index in [1.807, 2.05) is 0 Å². The molecular weight excluding hydrogens is 282 g/mol. The van der Waals surface area contributed by atoms with Crippen LogP contribution in [0.5, 0.6) is 0 Å². The molecule has 2 rings (SSSR count). The zero-order valence-electron chi connectivity index (χ0n) is 11.0. The molecule has 7 heteroatoms. The largest absolute Gasteiger partial charge is 1.00 e. The highest BCUT2D eigenvalue weighted by Crippen LogP contribution is 2.17. The molecule has 6 nitrogen and oxygen atoms in total. The number of halogens is 1. The van der Waals surface area contributed by atoms with Crippen LogP contribution in [0.2, 0.25) is 0 Å². The Morgan fingerprint density at radius 1 is 1.30 bits per heavy atom. The van der Waals surface area contributed by atoms with Crippen molar-refractivity contribution in [1.82, 2.24) is 4.90 Å². The molecular formula is C13H17ClN3O3-. The minimum Gasteiger partial charge on any atom is -1.00 e. The van der Waals surface area contributed by atoms with Gasteiger partial charge < -0.3 is 17.7 Å². The standard InChI is InChI=1S/C13H17N3O3.ClH/c17-13(10-15-7-2-1-3-8-15)14-11-5-4-6-12(9-11)16(18)19;/h4-6,9H,1-3,7-8,10H2,(H,14,17);1H/p-1. The van der Waals surface area contributed by atoms with E-state index in [-0.39, 0.29) is 24.0 Å². The molecule has 1 aliphatic heterocycles. The highest BCUT2D eigenvalue weighted by Gasteiger charge is 2.14. The van der Waals surface area contributed by atoms with Crippen LogP contribution >= 0.6 is 0 Å². The number of carbonyl (C=O) groups is 1. The van der Waals surface area contributed by atoms with Gasteiger partial charge in [0.15, 0.2) is 0 Å². The molecule has 1 heterocycles. The number of hydrogen-bond acceptors (Lipinski definition) is 4. The lowest BCUT2D eigenvalue weighted by Crippen LogP contribution is -3.00. The van der Waals surface area contributed by atoms with Gasteiger partial charge in [-0.2, -0.15) is 0 Å². The Labute approximate surface area is 123 Å². The summed E-state index contributed by atoms with van der Waals surface area (Å²) in [6.07, 6.45) is 3.48. The van der Waals surface area contributed by atoms with Crippen molar-refractivity contribution in [3.05, 3.63) is 34.4 Å². The maximum absolute atomic E-state index is 11.8. The second-order valence-corrected chi connectivity index (χ2v) is 4.69. The highest BCUT2D eigenvalue weighted by atomic mass is 35.5. The minimum absolute atomic E-state index is 0. The SMILES string of the molecule is O=C(CN1CCCCC1)Nc1cccc([N+](=O)[O-])c1.[Cl-]. The van der Waals surface area contributed by atoms with Crippen LogP contribution in [-0.4, -0.2) is 35.4 Å². The van der Waals surface area contributed by atoms with E-state index in [1.165, 1.54) is 18.6 Å². The molecule has 110 valence electrons. The van der Waals surface area contributed by atoms with Crippen LogP contribution < -0.4 is 17.7 Å². The maximum Gasteiger partial charge on any atom is 0.271 e. The summed E-state index contributed by atoms with van der Waals surface area (Å²) in [5.74, 6) is -0.123. The smallest absolute Gasteiger partial charge is 0.271 e. The van der Waals surface area contributed by atoms with Gasteiger partial charge in [-0.3, -0.25) is 19.8 Å². The lowest BCUT2D eigenvalue weighted by molar-refractivity contribution is -0.384. The number of anilines is 1. The van der Waals surface area contributed by atoms with Crippen molar-refractivity contribution in [2.24, 2.45) is 0 Å². The van der Waals surface area contributed by atoms with E-state index in [1.54, 1.807) is 12.1 Å². The van der Waals surface area contributed by atoms with E-state index < -0.39 is 4.92 Å². The number of rotatable bonds is 4. The molecule has 1 amide bonds. The molecule has 0 aliphatic carbocycles. The number of nitro benzene ring substituents is 1. The van der Waals surface area contributed by atoms with Crippen LogP contribution in [-0.2, 0) is 4.79 Å². The first kappa shape index (κ1) is 16.4. The normalized spacial score (nSPS) is 15.2. The minimum atomic E-state index is -0.472. The highest BCUT2D eigenvalue weighted by molar-refractivity contribution is 5.92. The van der Waals surface area contributed by atoms with Crippen molar-refractivity contribution in [3.8, 4) is 0 Å². The number of nitro groups is 1. The summed E-state index contributed by atoms with van der Waals surface area (Å²) < 4.78 is 0. The van der Waals surface area contributed by atoms with E-state index in [2.05, 4.69) is 10.2 Å². The summed E-state index contributed by atoms with van der Waals surface area (Å²) in [7, 11) is 0. The number of amides is 1. The summed E-state index contributed by atoms with van der Waals surface area (Å²) in [5.41, 5.74) is 0.451. The van der Waals surface area contributed by atoms with Crippen molar-refractivity contribution in [3.63, 3.8) is 0 Å². The number of carbonyl (C=O) groups excluding carboxylic acids is 1. The average Bonchev–Trinajstić information content (AvgIpc) is 2.40. The zero-order valence-corrected chi connectivity index (χ0v) is 11.8. The number of hydrogen-bond donors (Lipinski definition) is 1. The number of benzene rings is 1. The van der Waals surface area contributed by atoms with E-state index in [0.29, 0.717) is 12.2 Å². The van der Waals surface area contributed by atoms with E-state index in [4.69, 9.17) is 0 Å². The number of likely N-dealkylation sites (tertiary alicyclic amines) is 1. The summed E-state index contributed by atoms with van der Waals surface area (Å²) in [4.78, 5) is 24.1. The second kappa shape index (κ2) is 7.81. The average molecular weight is 299 g/mol. The van der Waals surface area contributed by atoms with Crippen LogP contribution in [0, 0.1) is 10.1 Å². The Hall–Kier alpha value is -1.66. The van der Waals surface area contributed by atoms with E-state index in [0.717, 1.165) is 25.9 Å². The van der Waals surface area contributed by atoms with Crippen molar-refractivity contribution in [2.45, 2.75) is 19.3 Å². The van der Waals surface area contributed by atoms with Gasteiger partial charge in [-0.15, -0.1) is 0 Å². The van der Waals surface area contributed by atoms with Crippen LogP contribution in [0.4, 0.5) is 11.4 Å². The molecule has 1 saturated heterocycles. The van der Waals surface area contributed by atoms with Gasteiger partial charge in [0.1, 0.15) is 0 Å². The Kier molecular flexibility index (Phi) is 6.41. The molecule has 0 bridgehead atoms. The first-order valence-corrected chi connectivity index (χ1v) is 6.42. The van der Waals surface area contributed by atoms with Crippen molar-refractivity contribution < 1.29 is 22.1 Å². The molecule has 0 aromatic heterocycles. The molecule has 1 N–H and O–H groups in total. The van der Waals surface area contributed by atoms with Gasteiger partial charge in [-0.05, 0) is 32.0 Å². The molecule has 20 heavy (non-hydrogen) atoms. The molecule has 0 unspecified atom stereocenters. The first-order chi connectivity index (χ1) is 9.15. The number of nitrogens with zero attached hydrogens (tertiary/aromatic N) is 2. The lowest BCUT2D eigenvalue weighted by Gasteiger charge is -2.25. The van der Waals surface area contributed by atoms with Gasteiger partial charge in [-0.25, -0.2) is 0 Å². The second-order valence-electron chi connectivity index (χ2n) is 4.69. The molecule has 1 aliphatic rings. The maximum atomic E-state index is 11.8. The summed E-state index contributed by atoms with van der Waals surface area (Å²) in [6.45, 7) is 2.24. The topological polar surface area (TPSA) is 75.5 Å². The molecule has 0 radical (unpaired) electrons. The molecule has 0 atom stereocenters. The molecule has 0 saturated carbocycles. The fraction of sp³-hybridized carbons (Fsp3) is 0.462. The van der Waals surface area contributed by atoms with Gasteiger partial charge >= 0.3 is 0 Å². The van der Waals surface area contributed by atoms with E-state index in [9.17, 15) is 14.9 Å². The van der Waals surface area contributed by atoms with Crippen molar-refractivity contribution >= 4 is 17.3 Å². The van der Waals surface area contributed by atoms with Crippen LogP contribution in [0.3, 0.4) is 0 Å². The van der Waals surface area contributed by atoms with E-state index >= 15 is 0 Å². The Morgan fingerprint density at radius 2 is 2.00 bits per heavy atom. The zero-order chi connectivity index (χ0) is 13.7. The quantitative estimate of drug-likeness (QED) is 0.573. The predicted octanol–water partition coefficient (Wildman–Crippen LogP) is -0.977. The Balaban J connectivity index is 0.00000200. The monoisotopic (exact) mass is 298 g/mol. The van der Waals surface area contributed by atoms with Crippen LogP contribution in [0.1, 0.15) is 19.3 Å². The van der Waals surface area contributed by atoms with Crippen LogP contribution in [0.15, 0.2) is 24.3 Å². The molecule has 1 fully saturated rings. The summed E-state index contributed by atoms with van der Waals surface area (Å²) in [6, 6.07) is 5.99. The molecule has 0 spiro atoms. The Morgan fingerprint density at radius 3 is 2.65 bits per heavy atom. The number of nitrogens with one attached hydrogen (secondary N) is 1. The van der Waals surface area contributed by atoms with Gasteiger partial charge in [0, 0.05) is 17.8 Å². The molecule has 1 aromatic carbocycles. The summed E-state index contributed by atoms with van der Waals surface area (Å²) in [5, 5.41) is 13.3. The lowest BCUT2D eigenvalue weighted by atomic mass is 10.1. The van der Waals surface area contributed by atoms with Gasteiger partial charge in [0.25, 0.3) is 5.69 Å². The third-order valence-corrected chi connectivity index (χ3v) is 3.16. The predicted molar refractivity (Wildman–Crippen MR) is 72.0 cm³/mol. The molecule has 1 aromatic rings. The fourth-order valence-electron chi connectivity index (χ4n) is 2.22. The fourth-order valence-corrected chi connectivity index (χ4v) is 2.22. The van der Waals surface area contributed by atoms with Crippen molar-refractivity contribution in [1.29, 1.82) is 0 Å². The van der Waals surface area contributed by atoms with Crippen molar-refractivity contribution in [2.75, 3.05) is 25.0 Å². The third kappa shape index (κ3) is 4.79. The third-order valence-electron chi connectivity index (χ3n) is 3.16. The first-order valence-electron chi connectivity index (χ1n) is 6.42.